The fourth-order valence-corrected chi connectivity index (χ4v) is 5.92. The number of sulfone groups is 1. The van der Waals surface area contributed by atoms with Crippen LogP contribution >= 0.6 is 27.3 Å². The Hall–Kier alpha value is -3.52. The molecule has 3 aromatic heterocycles. The molecular weight excluding hydrogens is 645 g/mol. The SMILES string of the molecule is CC(C)S(=O)(=O)CCOCc1nc(-c2cc3c(Nc4ccc(OCc5cccc(F)c5)c(Br)c4)ncnc3cn2)cs1. The van der Waals surface area contributed by atoms with Gasteiger partial charge in [-0.25, -0.2) is 27.8 Å². The molecule has 5 aromatic rings. The van der Waals surface area contributed by atoms with Gasteiger partial charge in [0.05, 0.1) is 51.8 Å². The number of benzene rings is 2. The maximum Gasteiger partial charge on any atom is 0.154 e. The van der Waals surface area contributed by atoms with Gasteiger partial charge in [0.1, 0.15) is 35.3 Å². The maximum atomic E-state index is 13.5. The van der Waals surface area contributed by atoms with Crippen LogP contribution in [-0.2, 0) is 27.8 Å². The lowest BCUT2D eigenvalue weighted by Gasteiger charge is -2.12. The number of thiazole rings is 1. The molecule has 0 spiro atoms. The van der Waals surface area contributed by atoms with Crippen LogP contribution in [0.1, 0.15) is 24.4 Å². The number of ether oxygens (including phenoxy) is 2. The van der Waals surface area contributed by atoms with Gasteiger partial charge in [0.15, 0.2) is 9.84 Å². The summed E-state index contributed by atoms with van der Waals surface area (Å²) in [5.74, 6) is 0.885. The molecule has 0 aliphatic rings. The summed E-state index contributed by atoms with van der Waals surface area (Å²) < 4.78 is 49.5. The second kappa shape index (κ2) is 13.2. The van der Waals surface area contributed by atoms with Gasteiger partial charge in [-0.2, -0.15) is 0 Å². The van der Waals surface area contributed by atoms with E-state index in [0.717, 1.165) is 26.1 Å². The van der Waals surface area contributed by atoms with Crippen LogP contribution in [0.15, 0.2) is 70.9 Å². The third kappa shape index (κ3) is 7.46. The van der Waals surface area contributed by atoms with Gasteiger partial charge in [0.25, 0.3) is 0 Å². The van der Waals surface area contributed by atoms with Gasteiger partial charge >= 0.3 is 0 Å². The van der Waals surface area contributed by atoms with E-state index in [4.69, 9.17) is 9.47 Å². The average molecular weight is 673 g/mol. The minimum Gasteiger partial charge on any atom is -0.488 e. The molecule has 0 saturated carbocycles. The molecule has 5 rings (SSSR count). The van der Waals surface area contributed by atoms with E-state index in [1.807, 2.05) is 29.6 Å². The number of halogens is 2. The highest BCUT2D eigenvalue weighted by Gasteiger charge is 2.16. The van der Waals surface area contributed by atoms with Crippen molar-refractivity contribution in [1.82, 2.24) is 19.9 Å². The Kier molecular flexibility index (Phi) is 9.41. The number of anilines is 2. The second-order valence-corrected chi connectivity index (χ2v) is 14.1. The summed E-state index contributed by atoms with van der Waals surface area (Å²) in [6.45, 7) is 3.89. The van der Waals surface area contributed by atoms with Crippen molar-refractivity contribution >= 4 is 59.5 Å². The molecule has 0 radical (unpaired) electrons. The second-order valence-electron chi connectivity index (χ2n) is 9.59. The third-order valence-electron chi connectivity index (χ3n) is 6.27. The van der Waals surface area contributed by atoms with E-state index in [2.05, 4.69) is 41.2 Å². The van der Waals surface area contributed by atoms with Crippen molar-refractivity contribution in [3.63, 3.8) is 0 Å². The van der Waals surface area contributed by atoms with E-state index in [9.17, 15) is 12.8 Å². The Bertz CT molecular complexity index is 1820. The van der Waals surface area contributed by atoms with Crippen LogP contribution in [-0.4, -0.2) is 46.0 Å². The van der Waals surface area contributed by atoms with Gasteiger partial charge in [0.2, 0.25) is 0 Å². The van der Waals surface area contributed by atoms with Crippen molar-refractivity contribution in [2.24, 2.45) is 0 Å². The van der Waals surface area contributed by atoms with Crippen molar-refractivity contribution in [2.45, 2.75) is 32.3 Å². The molecule has 0 atom stereocenters. The van der Waals surface area contributed by atoms with Crippen LogP contribution in [0.25, 0.3) is 22.3 Å². The number of nitrogens with one attached hydrogen (secondary N) is 1. The minimum absolute atomic E-state index is 0.0217. The molecule has 2 aromatic carbocycles. The Labute approximate surface area is 255 Å². The van der Waals surface area contributed by atoms with Gasteiger partial charge in [-0.05, 0) is 71.7 Å². The van der Waals surface area contributed by atoms with Gasteiger partial charge in [-0.15, -0.1) is 11.3 Å². The van der Waals surface area contributed by atoms with Gasteiger partial charge in [0, 0.05) is 16.5 Å². The molecule has 13 heteroatoms. The summed E-state index contributed by atoms with van der Waals surface area (Å²) in [6, 6.07) is 13.7. The largest absolute Gasteiger partial charge is 0.488 e. The quantitative estimate of drug-likeness (QED) is 0.144. The zero-order chi connectivity index (χ0) is 29.7. The molecule has 0 saturated heterocycles. The van der Waals surface area contributed by atoms with Crippen LogP contribution < -0.4 is 10.1 Å². The number of aromatic nitrogens is 4. The van der Waals surface area contributed by atoms with E-state index < -0.39 is 15.1 Å². The van der Waals surface area contributed by atoms with Crippen LogP contribution in [0.4, 0.5) is 15.9 Å². The molecule has 9 nitrogen and oxygen atoms in total. The molecule has 0 aliphatic heterocycles. The lowest BCUT2D eigenvalue weighted by atomic mass is 10.2. The van der Waals surface area contributed by atoms with Crippen LogP contribution in [0.2, 0.25) is 0 Å². The molecule has 0 fully saturated rings. The predicted molar refractivity (Wildman–Crippen MR) is 165 cm³/mol. The zero-order valence-electron chi connectivity index (χ0n) is 22.8. The first-order valence-electron chi connectivity index (χ1n) is 13.0. The first kappa shape index (κ1) is 30.0. The van der Waals surface area contributed by atoms with Gasteiger partial charge < -0.3 is 14.8 Å². The Morgan fingerprint density at radius 3 is 2.69 bits per heavy atom. The normalized spacial score (nSPS) is 11.7. The highest BCUT2D eigenvalue weighted by atomic mass is 79.9. The van der Waals surface area contributed by atoms with Gasteiger partial charge in [-0.3, -0.25) is 4.98 Å². The minimum atomic E-state index is -3.15. The highest BCUT2D eigenvalue weighted by Crippen LogP contribution is 2.32. The van der Waals surface area contributed by atoms with Gasteiger partial charge in [-0.1, -0.05) is 12.1 Å². The number of rotatable bonds is 12. The Balaban J connectivity index is 1.27. The van der Waals surface area contributed by atoms with E-state index in [0.29, 0.717) is 28.5 Å². The fraction of sp³-hybridized carbons (Fsp3) is 0.241. The number of hydrogen-bond donors (Lipinski definition) is 1. The molecule has 3 heterocycles. The smallest absolute Gasteiger partial charge is 0.154 e. The third-order valence-corrected chi connectivity index (χ3v) is 9.88. The summed E-state index contributed by atoms with van der Waals surface area (Å²) in [7, 11) is -3.15. The van der Waals surface area contributed by atoms with Crippen LogP contribution in [0.3, 0.4) is 0 Å². The summed E-state index contributed by atoms with van der Waals surface area (Å²) in [4.78, 5) is 17.9. The first-order chi connectivity index (χ1) is 20.2. The topological polar surface area (TPSA) is 116 Å². The Morgan fingerprint density at radius 1 is 1.05 bits per heavy atom. The molecule has 0 bridgehead atoms. The molecule has 0 amide bonds. The number of pyridine rings is 1. The van der Waals surface area contributed by atoms with E-state index in [1.165, 1.54) is 29.8 Å². The molecule has 0 aliphatic carbocycles. The highest BCUT2D eigenvalue weighted by molar-refractivity contribution is 9.10. The lowest BCUT2D eigenvalue weighted by molar-refractivity contribution is 0.135. The average Bonchev–Trinajstić information content (AvgIpc) is 3.44. The standard InChI is InChI=1S/C29H27BrFN5O4S2/c1-18(2)42(37,38)9-8-39-15-28-36-26(16-41-28)24-12-22-25(13-32-24)33-17-34-29(22)35-21-6-7-27(23(30)11-21)40-14-19-4-3-5-20(31)10-19/h3-7,10-13,16-18H,8-9,14-15H2,1-2H3,(H,33,34,35). The van der Waals surface area contributed by atoms with Crippen molar-refractivity contribution < 1.29 is 22.3 Å². The summed E-state index contributed by atoms with van der Waals surface area (Å²) in [5.41, 5.74) is 3.49. The van der Waals surface area contributed by atoms with E-state index in [-0.39, 0.29) is 31.4 Å². The number of hydrogen-bond acceptors (Lipinski definition) is 10. The number of nitrogens with zero attached hydrogens (tertiary/aromatic N) is 4. The summed E-state index contributed by atoms with van der Waals surface area (Å²) in [5, 5.41) is 6.27. The maximum absolute atomic E-state index is 13.5. The van der Waals surface area contributed by atoms with Crippen molar-refractivity contribution in [1.29, 1.82) is 0 Å². The van der Waals surface area contributed by atoms with E-state index in [1.54, 1.807) is 32.2 Å². The lowest BCUT2D eigenvalue weighted by Crippen LogP contribution is -2.20. The molecule has 218 valence electrons. The molecular formula is C29H27BrFN5O4S2. The monoisotopic (exact) mass is 671 g/mol. The van der Waals surface area contributed by atoms with Crippen LogP contribution in [0.5, 0.6) is 5.75 Å². The van der Waals surface area contributed by atoms with Crippen molar-refractivity contribution in [3.8, 4) is 17.1 Å². The fourth-order valence-electron chi connectivity index (χ4n) is 3.88. The molecule has 42 heavy (non-hydrogen) atoms. The van der Waals surface area contributed by atoms with E-state index >= 15 is 0 Å². The summed E-state index contributed by atoms with van der Waals surface area (Å²) >= 11 is 4.97. The van der Waals surface area contributed by atoms with Crippen LogP contribution in [0, 0.1) is 5.82 Å². The number of fused-ring (bicyclic) bond motifs is 1. The molecule has 1 N–H and O–H groups in total. The zero-order valence-corrected chi connectivity index (χ0v) is 26.0. The summed E-state index contributed by atoms with van der Waals surface area (Å²) in [6.07, 6.45) is 3.14. The van der Waals surface area contributed by atoms with Crippen molar-refractivity contribution in [2.75, 3.05) is 17.7 Å². The molecule has 0 unspecified atom stereocenters. The Morgan fingerprint density at radius 2 is 1.90 bits per heavy atom. The predicted octanol–water partition coefficient (Wildman–Crippen LogP) is 6.71. The first-order valence-corrected chi connectivity index (χ1v) is 16.4. The van der Waals surface area contributed by atoms with Crippen molar-refractivity contribution in [3.05, 3.63) is 87.3 Å².